The number of benzene rings is 1. The fourth-order valence-electron chi connectivity index (χ4n) is 2.52. The number of rotatable bonds is 2. The Morgan fingerprint density at radius 2 is 1.88 bits per heavy atom. The minimum atomic E-state index is -0.632. The van der Waals surface area contributed by atoms with E-state index in [1.807, 2.05) is 0 Å². The first-order chi connectivity index (χ1) is 8.00. The van der Waals surface area contributed by atoms with Crippen LogP contribution in [0.3, 0.4) is 0 Å². The van der Waals surface area contributed by atoms with Crippen LogP contribution in [-0.4, -0.2) is 18.2 Å². The molecule has 0 radical (unpaired) electrons. The predicted octanol–water partition coefficient (Wildman–Crippen LogP) is 2.97. The normalized spacial score (nSPS) is 26.3. The molecule has 1 aromatic rings. The SMILES string of the molecule is CC(O)c1cccc(F)c1N1CC(C)C(C)C1. The maximum Gasteiger partial charge on any atom is 0.146 e. The Bertz CT molecular complexity index is 395. The van der Waals surface area contributed by atoms with Crippen LogP contribution in [-0.2, 0) is 0 Å². The minimum absolute atomic E-state index is 0.232. The molecule has 1 N–H and O–H groups in total. The summed E-state index contributed by atoms with van der Waals surface area (Å²) in [5, 5.41) is 9.73. The molecule has 1 heterocycles. The molecule has 2 rings (SSSR count). The van der Waals surface area contributed by atoms with E-state index < -0.39 is 6.10 Å². The Balaban J connectivity index is 2.38. The number of para-hydroxylation sites is 1. The summed E-state index contributed by atoms with van der Waals surface area (Å²) in [6, 6.07) is 4.93. The van der Waals surface area contributed by atoms with E-state index in [0.29, 0.717) is 23.1 Å². The van der Waals surface area contributed by atoms with Crippen molar-refractivity contribution in [2.75, 3.05) is 18.0 Å². The highest BCUT2D eigenvalue weighted by molar-refractivity contribution is 5.56. The van der Waals surface area contributed by atoms with Gasteiger partial charge in [-0.15, -0.1) is 0 Å². The third kappa shape index (κ3) is 2.29. The van der Waals surface area contributed by atoms with E-state index in [9.17, 15) is 9.50 Å². The summed E-state index contributed by atoms with van der Waals surface area (Å²) in [5.74, 6) is 0.901. The monoisotopic (exact) mass is 237 g/mol. The molecule has 94 valence electrons. The van der Waals surface area contributed by atoms with E-state index in [4.69, 9.17) is 0 Å². The van der Waals surface area contributed by atoms with Crippen molar-refractivity contribution >= 4 is 5.69 Å². The maximum absolute atomic E-state index is 14.0. The molecule has 0 aromatic heterocycles. The van der Waals surface area contributed by atoms with Gasteiger partial charge in [0.1, 0.15) is 5.82 Å². The number of hydrogen-bond acceptors (Lipinski definition) is 2. The van der Waals surface area contributed by atoms with Crippen LogP contribution in [0.25, 0.3) is 0 Å². The average Bonchev–Trinajstić information content (AvgIpc) is 2.58. The highest BCUT2D eigenvalue weighted by Gasteiger charge is 2.29. The summed E-state index contributed by atoms with van der Waals surface area (Å²) in [4.78, 5) is 2.06. The number of aliphatic hydroxyl groups excluding tert-OH is 1. The highest BCUT2D eigenvalue weighted by Crippen LogP contribution is 2.34. The molecule has 3 heteroatoms. The summed E-state index contributed by atoms with van der Waals surface area (Å²) in [6.45, 7) is 7.78. The molecule has 0 bridgehead atoms. The van der Waals surface area contributed by atoms with Crippen molar-refractivity contribution in [2.24, 2.45) is 11.8 Å². The van der Waals surface area contributed by atoms with Gasteiger partial charge in [0.2, 0.25) is 0 Å². The van der Waals surface area contributed by atoms with Crippen molar-refractivity contribution in [3.63, 3.8) is 0 Å². The van der Waals surface area contributed by atoms with Crippen LogP contribution in [0, 0.1) is 17.7 Å². The van der Waals surface area contributed by atoms with Gasteiger partial charge >= 0.3 is 0 Å². The number of hydrogen-bond donors (Lipinski definition) is 1. The summed E-state index contributed by atoms with van der Waals surface area (Å²) in [6.07, 6.45) is -0.632. The zero-order valence-corrected chi connectivity index (χ0v) is 10.7. The topological polar surface area (TPSA) is 23.5 Å². The summed E-state index contributed by atoms with van der Waals surface area (Å²) in [5.41, 5.74) is 1.27. The lowest BCUT2D eigenvalue weighted by Crippen LogP contribution is -2.23. The molecule has 1 aliphatic heterocycles. The Hall–Kier alpha value is -1.09. The molecule has 1 aromatic carbocycles. The largest absolute Gasteiger partial charge is 0.389 e. The maximum atomic E-state index is 14.0. The van der Waals surface area contributed by atoms with Crippen LogP contribution in [0.5, 0.6) is 0 Å². The molecular formula is C14H20FNO. The molecule has 1 saturated heterocycles. The van der Waals surface area contributed by atoms with Gasteiger partial charge in [0.05, 0.1) is 11.8 Å². The molecule has 0 saturated carbocycles. The van der Waals surface area contributed by atoms with Gasteiger partial charge in [-0.05, 0) is 24.8 Å². The van der Waals surface area contributed by atoms with E-state index >= 15 is 0 Å². The lowest BCUT2D eigenvalue weighted by Gasteiger charge is -2.23. The number of aliphatic hydroxyl groups is 1. The van der Waals surface area contributed by atoms with Crippen LogP contribution >= 0.6 is 0 Å². The van der Waals surface area contributed by atoms with Gasteiger partial charge in [-0.3, -0.25) is 0 Å². The van der Waals surface area contributed by atoms with Gasteiger partial charge in [-0.25, -0.2) is 4.39 Å². The van der Waals surface area contributed by atoms with Crippen LogP contribution in [0.15, 0.2) is 18.2 Å². The second kappa shape index (κ2) is 4.65. The van der Waals surface area contributed by atoms with E-state index in [2.05, 4.69) is 18.7 Å². The second-order valence-corrected chi connectivity index (χ2v) is 5.21. The van der Waals surface area contributed by atoms with Gasteiger partial charge in [0.15, 0.2) is 0 Å². The average molecular weight is 237 g/mol. The van der Waals surface area contributed by atoms with Crippen molar-refractivity contribution in [2.45, 2.75) is 26.9 Å². The van der Waals surface area contributed by atoms with E-state index in [1.54, 1.807) is 19.1 Å². The third-order valence-electron chi connectivity index (χ3n) is 3.77. The zero-order chi connectivity index (χ0) is 12.6. The van der Waals surface area contributed by atoms with Gasteiger partial charge in [-0.2, -0.15) is 0 Å². The second-order valence-electron chi connectivity index (χ2n) is 5.21. The molecule has 1 aliphatic rings. The Morgan fingerprint density at radius 3 is 2.41 bits per heavy atom. The molecule has 0 spiro atoms. The standard InChI is InChI=1S/C14H20FNO/c1-9-7-16(8-10(9)2)14-12(11(3)17)5-4-6-13(14)15/h4-6,9-11,17H,7-8H2,1-3H3. The minimum Gasteiger partial charge on any atom is -0.389 e. The predicted molar refractivity (Wildman–Crippen MR) is 67.6 cm³/mol. The molecule has 3 unspecified atom stereocenters. The number of halogens is 1. The molecule has 2 nitrogen and oxygen atoms in total. The molecular weight excluding hydrogens is 217 g/mol. The van der Waals surface area contributed by atoms with Crippen molar-refractivity contribution in [3.05, 3.63) is 29.6 Å². The Morgan fingerprint density at radius 1 is 1.29 bits per heavy atom. The van der Waals surface area contributed by atoms with Crippen molar-refractivity contribution in [1.82, 2.24) is 0 Å². The lowest BCUT2D eigenvalue weighted by molar-refractivity contribution is 0.199. The summed E-state index contributed by atoms with van der Waals surface area (Å²) >= 11 is 0. The van der Waals surface area contributed by atoms with Crippen LogP contribution in [0.4, 0.5) is 10.1 Å². The van der Waals surface area contributed by atoms with Gasteiger partial charge in [0.25, 0.3) is 0 Å². The first kappa shape index (κ1) is 12.4. The van der Waals surface area contributed by atoms with Crippen molar-refractivity contribution < 1.29 is 9.50 Å². The van der Waals surface area contributed by atoms with Crippen LogP contribution in [0.2, 0.25) is 0 Å². The first-order valence-corrected chi connectivity index (χ1v) is 6.22. The van der Waals surface area contributed by atoms with Crippen molar-refractivity contribution in [1.29, 1.82) is 0 Å². The Labute approximate surface area is 102 Å². The smallest absolute Gasteiger partial charge is 0.146 e. The van der Waals surface area contributed by atoms with E-state index in [-0.39, 0.29) is 5.82 Å². The van der Waals surface area contributed by atoms with Crippen LogP contribution < -0.4 is 4.90 Å². The molecule has 17 heavy (non-hydrogen) atoms. The number of anilines is 1. The van der Waals surface area contributed by atoms with Crippen molar-refractivity contribution in [3.8, 4) is 0 Å². The number of nitrogens with zero attached hydrogens (tertiary/aromatic N) is 1. The first-order valence-electron chi connectivity index (χ1n) is 6.22. The molecule has 1 fully saturated rings. The Kier molecular flexibility index (Phi) is 3.38. The molecule has 3 atom stereocenters. The third-order valence-corrected chi connectivity index (χ3v) is 3.77. The van der Waals surface area contributed by atoms with Crippen LogP contribution in [0.1, 0.15) is 32.4 Å². The van der Waals surface area contributed by atoms with E-state index in [0.717, 1.165) is 13.1 Å². The molecule has 0 amide bonds. The van der Waals surface area contributed by atoms with Gasteiger partial charge in [-0.1, -0.05) is 26.0 Å². The fraction of sp³-hybridized carbons (Fsp3) is 0.571. The zero-order valence-electron chi connectivity index (χ0n) is 10.7. The summed E-state index contributed by atoms with van der Waals surface area (Å²) in [7, 11) is 0. The lowest BCUT2D eigenvalue weighted by atomic mass is 10.0. The van der Waals surface area contributed by atoms with E-state index in [1.165, 1.54) is 6.07 Å². The molecule has 0 aliphatic carbocycles. The highest BCUT2D eigenvalue weighted by atomic mass is 19.1. The van der Waals surface area contributed by atoms with Gasteiger partial charge in [0, 0.05) is 18.7 Å². The quantitative estimate of drug-likeness (QED) is 0.854. The van der Waals surface area contributed by atoms with Gasteiger partial charge < -0.3 is 10.0 Å². The fourth-order valence-corrected chi connectivity index (χ4v) is 2.52. The summed E-state index contributed by atoms with van der Waals surface area (Å²) < 4.78 is 14.0.